The van der Waals surface area contributed by atoms with Gasteiger partial charge in [-0.05, 0) is 89.1 Å². The Kier molecular flexibility index (Phi) is 9.93. The molecule has 0 fully saturated rings. The third-order valence-corrected chi connectivity index (χ3v) is 8.71. The molecule has 214 valence electrons. The number of rotatable bonds is 9. The van der Waals surface area contributed by atoms with Crippen LogP contribution in [-0.4, -0.2) is 43.3 Å². The Balaban J connectivity index is 2.06. The summed E-state index contributed by atoms with van der Waals surface area (Å²) < 4.78 is 28.8. The minimum absolute atomic E-state index is 0.0328. The van der Waals surface area contributed by atoms with Crippen molar-refractivity contribution in [3.8, 4) is 0 Å². The standard InChI is InChI=1S/C30H35Cl2N3O4S/c1-20-7-15-26(16-8-20)40(38,39)35(25-14-9-21(2)27(32)17-25)19-28(36)34(18-23-10-12-24(31)13-11-23)22(3)29(37)33-30(4,5)6/h7-17,22H,18-19H2,1-6H3,(H,33,37)/t22-/m1/s1. The molecule has 40 heavy (non-hydrogen) atoms. The highest BCUT2D eigenvalue weighted by Gasteiger charge is 2.33. The second-order valence-corrected chi connectivity index (χ2v) is 13.5. The van der Waals surface area contributed by atoms with E-state index in [9.17, 15) is 18.0 Å². The predicted molar refractivity (Wildman–Crippen MR) is 161 cm³/mol. The number of nitrogens with zero attached hydrogens (tertiary/aromatic N) is 2. The third kappa shape index (κ3) is 7.99. The van der Waals surface area contributed by atoms with Crippen molar-refractivity contribution in [1.82, 2.24) is 10.2 Å². The quantitative estimate of drug-likeness (QED) is 0.318. The highest BCUT2D eigenvalue weighted by atomic mass is 35.5. The fraction of sp³-hybridized carbons (Fsp3) is 0.333. The number of hydrogen-bond acceptors (Lipinski definition) is 4. The number of aryl methyl sites for hydroxylation is 2. The van der Waals surface area contributed by atoms with E-state index in [0.29, 0.717) is 10.0 Å². The van der Waals surface area contributed by atoms with Gasteiger partial charge in [0.1, 0.15) is 12.6 Å². The van der Waals surface area contributed by atoms with Gasteiger partial charge >= 0.3 is 0 Å². The van der Waals surface area contributed by atoms with Gasteiger partial charge in [0.2, 0.25) is 11.8 Å². The summed E-state index contributed by atoms with van der Waals surface area (Å²) in [6.07, 6.45) is 0. The average molecular weight is 605 g/mol. The van der Waals surface area contributed by atoms with Gasteiger partial charge in [-0.1, -0.05) is 59.1 Å². The molecule has 3 aromatic carbocycles. The van der Waals surface area contributed by atoms with Crippen LogP contribution in [-0.2, 0) is 26.2 Å². The summed E-state index contributed by atoms with van der Waals surface area (Å²) in [7, 11) is -4.17. The van der Waals surface area contributed by atoms with Gasteiger partial charge in [-0.15, -0.1) is 0 Å². The maximum absolute atomic E-state index is 14.0. The van der Waals surface area contributed by atoms with Gasteiger partial charge in [-0.25, -0.2) is 8.42 Å². The van der Waals surface area contributed by atoms with E-state index < -0.39 is 34.1 Å². The SMILES string of the molecule is Cc1ccc(S(=O)(=O)N(CC(=O)N(Cc2ccc(Cl)cc2)[C@H](C)C(=O)NC(C)(C)C)c2ccc(C)c(Cl)c2)cc1. The zero-order chi connectivity index (χ0) is 29.8. The van der Waals surface area contributed by atoms with Crippen LogP contribution in [0.1, 0.15) is 44.4 Å². The van der Waals surface area contributed by atoms with Crippen LogP contribution < -0.4 is 9.62 Å². The van der Waals surface area contributed by atoms with Crippen LogP contribution in [0, 0.1) is 13.8 Å². The molecule has 2 amide bonds. The molecule has 0 aliphatic heterocycles. The van der Waals surface area contributed by atoms with Crippen molar-refractivity contribution in [2.24, 2.45) is 0 Å². The number of halogens is 2. The number of sulfonamides is 1. The smallest absolute Gasteiger partial charge is 0.264 e. The second kappa shape index (κ2) is 12.6. The highest BCUT2D eigenvalue weighted by molar-refractivity contribution is 7.92. The number of benzene rings is 3. The summed E-state index contributed by atoms with van der Waals surface area (Å²) in [6, 6.07) is 17.2. The van der Waals surface area contributed by atoms with Gasteiger partial charge in [0.05, 0.1) is 10.6 Å². The molecule has 0 saturated carbocycles. The lowest BCUT2D eigenvalue weighted by Gasteiger charge is -2.33. The summed E-state index contributed by atoms with van der Waals surface area (Å²) in [5, 5.41) is 3.81. The van der Waals surface area contributed by atoms with Gasteiger partial charge in [0.25, 0.3) is 10.0 Å². The van der Waals surface area contributed by atoms with E-state index >= 15 is 0 Å². The molecule has 0 unspecified atom stereocenters. The topological polar surface area (TPSA) is 86.8 Å². The average Bonchev–Trinajstić information content (AvgIpc) is 2.87. The van der Waals surface area contributed by atoms with E-state index in [0.717, 1.165) is 21.0 Å². The molecular formula is C30H35Cl2N3O4S. The van der Waals surface area contributed by atoms with Crippen molar-refractivity contribution in [3.05, 3.63) is 93.5 Å². The maximum atomic E-state index is 14.0. The number of carbonyl (C=O) groups excluding carboxylic acids is 2. The molecule has 0 bridgehead atoms. The Hall–Kier alpha value is -3.07. The van der Waals surface area contributed by atoms with Crippen molar-refractivity contribution >= 4 is 50.7 Å². The lowest BCUT2D eigenvalue weighted by atomic mass is 10.1. The van der Waals surface area contributed by atoms with Gasteiger partial charge in [0.15, 0.2) is 0 Å². The molecule has 1 N–H and O–H groups in total. The lowest BCUT2D eigenvalue weighted by molar-refractivity contribution is -0.140. The highest BCUT2D eigenvalue weighted by Crippen LogP contribution is 2.29. The molecule has 0 saturated heterocycles. The van der Waals surface area contributed by atoms with E-state index in [1.54, 1.807) is 62.4 Å². The number of nitrogens with one attached hydrogen (secondary N) is 1. The first-order chi connectivity index (χ1) is 18.6. The molecule has 3 aromatic rings. The lowest BCUT2D eigenvalue weighted by Crippen LogP contribution is -2.54. The van der Waals surface area contributed by atoms with E-state index in [4.69, 9.17) is 23.2 Å². The minimum atomic E-state index is -4.17. The van der Waals surface area contributed by atoms with Crippen LogP contribution in [0.3, 0.4) is 0 Å². The first-order valence-electron chi connectivity index (χ1n) is 12.8. The Morgan fingerprint density at radius 2 is 1.52 bits per heavy atom. The normalized spacial score (nSPS) is 12.5. The molecule has 0 aromatic heterocycles. The fourth-order valence-electron chi connectivity index (χ4n) is 3.95. The molecule has 10 heteroatoms. The van der Waals surface area contributed by atoms with Crippen LogP contribution in [0.2, 0.25) is 10.0 Å². The molecule has 0 heterocycles. The summed E-state index contributed by atoms with van der Waals surface area (Å²) >= 11 is 12.4. The van der Waals surface area contributed by atoms with E-state index in [1.165, 1.54) is 23.1 Å². The second-order valence-electron chi connectivity index (χ2n) is 10.8. The Bertz CT molecular complexity index is 1470. The first kappa shape index (κ1) is 31.5. The van der Waals surface area contributed by atoms with Crippen LogP contribution >= 0.6 is 23.2 Å². The molecule has 0 spiro atoms. The van der Waals surface area contributed by atoms with Gasteiger partial charge in [-0.3, -0.25) is 13.9 Å². The first-order valence-corrected chi connectivity index (χ1v) is 15.0. The van der Waals surface area contributed by atoms with Crippen molar-refractivity contribution in [2.75, 3.05) is 10.8 Å². The molecule has 1 atom stereocenters. The largest absolute Gasteiger partial charge is 0.350 e. The summed E-state index contributed by atoms with van der Waals surface area (Å²) in [5.74, 6) is -0.917. The van der Waals surface area contributed by atoms with Crippen molar-refractivity contribution in [1.29, 1.82) is 0 Å². The van der Waals surface area contributed by atoms with Gasteiger partial charge in [-0.2, -0.15) is 0 Å². The molecule has 3 rings (SSSR count). The van der Waals surface area contributed by atoms with Gasteiger partial charge in [0, 0.05) is 22.1 Å². The molecule has 7 nitrogen and oxygen atoms in total. The number of amides is 2. The number of anilines is 1. The summed E-state index contributed by atoms with van der Waals surface area (Å²) in [6.45, 7) is 10.4. The zero-order valence-corrected chi connectivity index (χ0v) is 25.9. The van der Waals surface area contributed by atoms with E-state index in [1.807, 2.05) is 27.7 Å². The summed E-state index contributed by atoms with van der Waals surface area (Å²) in [4.78, 5) is 28.5. The minimum Gasteiger partial charge on any atom is -0.350 e. The Labute approximate surface area is 247 Å². The fourth-order valence-corrected chi connectivity index (χ4v) is 5.65. The van der Waals surface area contributed by atoms with E-state index in [2.05, 4.69) is 5.32 Å². The van der Waals surface area contributed by atoms with Crippen molar-refractivity contribution < 1.29 is 18.0 Å². The molecule has 0 radical (unpaired) electrons. The Morgan fingerprint density at radius 1 is 0.925 bits per heavy atom. The zero-order valence-electron chi connectivity index (χ0n) is 23.5. The predicted octanol–water partition coefficient (Wildman–Crippen LogP) is 6.14. The third-order valence-electron chi connectivity index (χ3n) is 6.26. The van der Waals surface area contributed by atoms with Crippen molar-refractivity contribution in [2.45, 2.75) is 64.6 Å². The van der Waals surface area contributed by atoms with Crippen LogP contribution in [0.25, 0.3) is 0 Å². The molecular weight excluding hydrogens is 569 g/mol. The Morgan fingerprint density at radius 3 is 2.08 bits per heavy atom. The van der Waals surface area contributed by atoms with Crippen LogP contribution in [0.4, 0.5) is 5.69 Å². The molecule has 0 aliphatic carbocycles. The molecule has 0 aliphatic rings. The monoisotopic (exact) mass is 603 g/mol. The number of carbonyl (C=O) groups is 2. The van der Waals surface area contributed by atoms with Crippen molar-refractivity contribution in [3.63, 3.8) is 0 Å². The number of hydrogen-bond donors (Lipinski definition) is 1. The van der Waals surface area contributed by atoms with Crippen LogP contribution in [0.15, 0.2) is 71.6 Å². The van der Waals surface area contributed by atoms with Gasteiger partial charge < -0.3 is 10.2 Å². The van der Waals surface area contributed by atoms with Crippen LogP contribution in [0.5, 0.6) is 0 Å². The maximum Gasteiger partial charge on any atom is 0.264 e. The van der Waals surface area contributed by atoms with E-state index in [-0.39, 0.29) is 23.0 Å². The summed E-state index contributed by atoms with van der Waals surface area (Å²) in [5.41, 5.74) is 2.11.